The van der Waals surface area contributed by atoms with Gasteiger partial charge < -0.3 is 0 Å². The first-order valence-electron chi connectivity index (χ1n) is 5.07. The number of rotatable bonds is 1. The maximum Gasteiger partial charge on any atom is 0.0895 e. The summed E-state index contributed by atoms with van der Waals surface area (Å²) in [5.41, 5.74) is 3.56. The standard InChI is InChI=1S/C13H9N3/c1-2-8-14-10(4-1)13-7-6-11-12(16-13)5-3-9-15-11/h1-9H. The number of pyridine rings is 3. The predicted octanol–water partition coefficient (Wildman–Crippen LogP) is 2.69. The lowest BCUT2D eigenvalue weighted by molar-refractivity contribution is 1.26. The van der Waals surface area contributed by atoms with Gasteiger partial charge in [-0.15, -0.1) is 0 Å². The van der Waals surface area contributed by atoms with Crippen LogP contribution in [0.3, 0.4) is 0 Å². The summed E-state index contributed by atoms with van der Waals surface area (Å²) in [6.07, 6.45) is 3.54. The molecule has 3 aromatic heterocycles. The maximum absolute atomic E-state index is 4.52. The molecule has 0 N–H and O–H groups in total. The van der Waals surface area contributed by atoms with Crippen molar-refractivity contribution in [1.29, 1.82) is 0 Å². The summed E-state index contributed by atoms with van der Waals surface area (Å²) in [5, 5.41) is 0. The largest absolute Gasteiger partial charge is 0.255 e. The molecule has 76 valence electrons. The van der Waals surface area contributed by atoms with Crippen molar-refractivity contribution >= 4 is 11.0 Å². The summed E-state index contributed by atoms with van der Waals surface area (Å²) in [4.78, 5) is 13.0. The molecule has 0 fully saturated rings. The minimum absolute atomic E-state index is 0.876. The van der Waals surface area contributed by atoms with Gasteiger partial charge in [0.25, 0.3) is 0 Å². The van der Waals surface area contributed by atoms with E-state index in [1.807, 2.05) is 42.5 Å². The average Bonchev–Trinajstić information content (AvgIpc) is 2.39. The predicted molar refractivity (Wildman–Crippen MR) is 62.8 cm³/mol. The normalized spacial score (nSPS) is 10.5. The molecule has 0 saturated carbocycles. The van der Waals surface area contributed by atoms with Crippen LogP contribution in [0.25, 0.3) is 22.4 Å². The van der Waals surface area contributed by atoms with Crippen LogP contribution in [0.5, 0.6) is 0 Å². The fourth-order valence-corrected chi connectivity index (χ4v) is 1.61. The second-order valence-electron chi connectivity index (χ2n) is 3.45. The van der Waals surface area contributed by atoms with Crippen LogP contribution in [-0.2, 0) is 0 Å². The maximum atomic E-state index is 4.52. The van der Waals surface area contributed by atoms with Gasteiger partial charge in [-0.2, -0.15) is 0 Å². The van der Waals surface area contributed by atoms with Crippen molar-refractivity contribution in [3.63, 3.8) is 0 Å². The molecule has 0 aliphatic rings. The van der Waals surface area contributed by atoms with Crippen LogP contribution < -0.4 is 0 Å². The molecule has 3 nitrogen and oxygen atoms in total. The van der Waals surface area contributed by atoms with Gasteiger partial charge in [0.2, 0.25) is 0 Å². The van der Waals surface area contributed by atoms with Crippen molar-refractivity contribution in [3.05, 3.63) is 54.9 Å². The van der Waals surface area contributed by atoms with Crippen LogP contribution in [-0.4, -0.2) is 15.0 Å². The van der Waals surface area contributed by atoms with Crippen molar-refractivity contribution in [2.24, 2.45) is 0 Å². The second-order valence-corrected chi connectivity index (χ2v) is 3.45. The molecule has 0 aromatic carbocycles. The van der Waals surface area contributed by atoms with Gasteiger partial charge in [0, 0.05) is 12.4 Å². The van der Waals surface area contributed by atoms with Gasteiger partial charge in [0.15, 0.2) is 0 Å². The highest BCUT2D eigenvalue weighted by molar-refractivity contribution is 5.76. The summed E-state index contributed by atoms with van der Waals surface area (Å²) in [6.45, 7) is 0. The highest BCUT2D eigenvalue weighted by Gasteiger charge is 2.01. The van der Waals surface area contributed by atoms with Gasteiger partial charge in [-0.25, -0.2) is 4.98 Å². The molecule has 0 unspecified atom stereocenters. The van der Waals surface area contributed by atoms with E-state index in [0.29, 0.717) is 0 Å². The van der Waals surface area contributed by atoms with Crippen LogP contribution in [0, 0.1) is 0 Å². The molecule has 3 heteroatoms. The summed E-state index contributed by atoms with van der Waals surface area (Å²) in [5.74, 6) is 0. The lowest BCUT2D eigenvalue weighted by atomic mass is 10.2. The minimum Gasteiger partial charge on any atom is -0.255 e. The number of hydrogen-bond acceptors (Lipinski definition) is 3. The Bertz CT molecular complexity index is 620. The molecule has 0 amide bonds. The molecule has 16 heavy (non-hydrogen) atoms. The Hall–Kier alpha value is -2.29. The van der Waals surface area contributed by atoms with Crippen molar-refractivity contribution in [1.82, 2.24) is 15.0 Å². The van der Waals surface area contributed by atoms with Crippen molar-refractivity contribution in [3.8, 4) is 11.4 Å². The van der Waals surface area contributed by atoms with E-state index in [0.717, 1.165) is 22.4 Å². The highest BCUT2D eigenvalue weighted by atomic mass is 14.8. The van der Waals surface area contributed by atoms with E-state index < -0.39 is 0 Å². The van der Waals surface area contributed by atoms with Crippen molar-refractivity contribution in [2.45, 2.75) is 0 Å². The Morgan fingerprint density at radius 1 is 0.625 bits per heavy atom. The topological polar surface area (TPSA) is 38.7 Å². The molecule has 0 saturated heterocycles. The zero-order valence-corrected chi connectivity index (χ0v) is 8.54. The van der Waals surface area contributed by atoms with E-state index in [9.17, 15) is 0 Å². The third kappa shape index (κ3) is 1.52. The molecule has 3 aromatic rings. The SMILES string of the molecule is c1ccc(-c2ccc3ncccc3n2)nc1. The van der Waals surface area contributed by atoms with Crippen LogP contribution in [0.4, 0.5) is 0 Å². The van der Waals surface area contributed by atoms with Crippen LogP contribution in [0.15, 0.2) is 54.9 Å². The molecule has 3 heterocycles. The van der Waals surface area contributed by atoms with Gasteiger partial charge in [-0.05, 0) is 36.4 Å². The van der Waals surface area contributed by atoms with Gasteiger partial charge in [0.1, 0.15) is 0 Å². The van der Waals surface area contributed by atoms with Gasteiger partial charge >= 0.3 is 0 Å². The quantitative estimate of drug-likeness (QED) is 0.615. The second kappa shape index (κ2) is 3.70. The molecule has 0 aliphatic heterocycles. The number of hydrogen-bond donors (Lipinski definition) is 0. The summed E-state index contributed by atoms with van der Waals surface area (Å²) in [7, 11) is 0. The third-order valence-corrected chi connectivity index (χ3v) is 2.38. The Labute approximate surface area is 92.8 Å². The fourth-order valence-electron chi connectivity index (χ4n) is 1.61. The Morgan fingerprint density at radius 3 is 2.44 bits per heavy atom. The smallest absolute Gasteiger partial charge is 0.0895 e. The molecular weight excluding hydrogens is 198 g/mol. The van der Waals surface area contributed by atoms with Crippen LogP contribution in [0.1, 0.15) is 0 Å². The van der Waals surface area contributed by atoms with Gasteiger partial charge in [0.05, 0.1) is 22.4 Å². The molecule has 0 atom stereocenters. The van der Waals surface area contributed by atoms with Gasteiger partial charge in [-0.1, -0.05) is 6.07 Å². The Kier molecular flexibility index (Phi) is 2.07. The summed E-state index contributed by atoms with van der Waals surface area (Å²) >= 11 is 0. The zero-order valence-electron chi connectivity index (χ0n) is 8.54. The molecule has 0 spiro atoms. The Morgan fingerprint density at radius 2 is 1.56 bits per heavy atom. The first-order valence-corrected chi connectivity index (χ1v) is 5.07. The van der Waals surface area contributed by atoms with Crippen molar-refractivity contribution in [2.75, 3.05) is 0 Å². The monoisotopic (exact) mass is 207 g/mol. The first kappa shape index (κ1) is 8.97. The van der Waals surface area contributed by atoms with E-state index >= 15 is 0 Å². The van der Waals surface area contributed by atoms with Gasteiger partial charge in [-0.3, -0.25) is 9.97 Å². The summed E-state index contributed by atoms with van der Waals surface area (Å²) in [6, 6.07) is 13.5. The van der Waals surface area contributed by atoms with Crippen LogP contribution in [0.2, 0.25) is 0 Å². The molecule has 3 rings (SSSR count). The lowest BCUT2D eigenvalue weighted by Crippen LogP contribution is -1.88. The molecule has 0 bridgehead atoms. The van der Waals surface area contributed by atoms with E-state index in [4.69, 9.17) is 0 Å². The fraction of sp³-hybridized carbons (Fsp3) is 0. The van der Waals surface area contributed by atoms with E-state index in [1.165, 1.54) is 0 Å². The summed E-state index contributed by atoms with van der Waals surface area (Å²) < 4.78 is 0. The van der Waals surface area contributed by atoms with E-state index in [1.54, 1.807) is 12.4 Å². The third-order valence-electron chi connectivity index (χ3n) is 2.38. The average molecular weight is 207 g/mol. The number of nitrogens with zero attached hydrogens (tertiary/aromatic N) is 3. The molecule has 0 radical (unpaired) electrons. The van der Waals surface area contributed by atoms with E-state index in [-0.39, 0.29) is 0 Å². The number of fused-ring (bicyclic) bond motifs is 1. The minimum atomic E-state index is 0.876. The lowest BCUT2D eigenvalue weighted by Gasteiger charge is -2.01. The van der Waals surface area contributed by atoms with Crippen molar-refractivity contribution < 1.29 is 0 Å². The van der Waals surface area contributed by atoms with E-state index in [2.05, 4.69) is 15.0 Å². The molecule has 0 aliphatic carbocycles. The highest BCUT2D eigenvalue weighted by Crippen LogP contribution is 2.17. The first-order chi connectivity index (χ1) is 7.93. The number of aromatic nitrogens is 3. The zero-order chi connectivity index (χ0) is 10.8. The Balaban J connectivity index is 2.19. The molecular formula is C13H9N3. The van der Waals surface area contributed by atoms with Crippen LogP contribution >= 0.6 is 0 Å².